The zero-order valence-corrected chi connectivity index (χ0v) is 32.5. The molecule has 1 aromatic heterocycles. The van der Waals surface area contributed by atoms with Crippen molar-refractivity contribution in [2.24, 2.45) is 0 Å². The van der Waals surface area contributed by atoms with Gasteiger partial charge < -0.3 is 45.4 Å². The average molecular weight is 812 g/mol. The number of aliphatic hydroxyl groups is 1. The van der Waals surface area contributed by atoms with Gasteiger partial charge in [-0.15, -0.1) is 0 Å². The van der Waals surface area contributed by atoms with E-state index in [1.165, 1.54) is 6.20 Å². The van der Waals surface area contributed by atoms with Crippen molar-refractivity contribution in [3.8, 4) is 17.2 Å². The molecule has 0 atom stereocenters. The maximum Gasteiger partial charge on any atom is 0.234 e. The number of sulfonamides is 1. The fraction of sp³-hybridized carbons (Fsp3) is 0.500. The third kappa shape index (κ3) is 10.9. The number of aromatic hydroxyl groups is 1. The van der Waals surface area contributed by atoms with Crippen molar-refractivity contribution in [1.82, 2.24) is 20.2 Å². The van der Waals surface area contributed by atoms with Crippen LogP contribution in [0.5, 0.6) is 17.2 Å². The number of likely N-dealkylation sites (N-methyl/N-ethyl adjacent to an activating group) is 1. The van der Waals surface area contributed by atoms with Crippen LogP contribution in [0, 0.1) is 5.82 Å². The average Bonchev–Trinajstić information content (AvgIpc) is 3.08. The predicted molar refractivity (Wildman–Crippen MR) is 204 cm³/mol. The molecule has 18 heteroatoms. The van der Waals surface area contributed by atoms with Crippen molar-refractivity contribution in [3.05, 3.63) is 40.8 Å². The predicted octanol–water partition coefficient (Wildman–Crippen LogP) is 4.55. The first-order chi connectivity index (χ1) is 24.7. The van der Waals surface area contributed by atoms with Gasteiger partial charge in [-0.1, -0.05) is 0 Å². The van der Waals surface area contributed by atoms with Gasteiger partial charge in [-0.2, -0.15) is 4.98 Å². The summed E-state index contributed by atoms with van der Waals surface area (Å²) in [6, 6.07) is 5.79. The number of benzene rings is 2. The van der Waals surface area contributed by atoms with Crippen LogP contribution in [0.4, 0.5) is 38.9 Å². The molecule has 0 spiro atoms. The molecule has 0 aliphatic carbocycles. The number of phenolic OH excluding ortho intramolecular Hbond substituents is 1. The SMILES string of the molecule is CCN(c1cc(O)c(F)cc1Nc1nc(Nc2cc(OCCCCCO)c(N3CCC(NC(=O)CN(C)C)CC3)cc2OC)ncc1Br)S(C)(=O)=O. The van der Waals surface area contributed by atoms with Gasteiger partial charge in [0.15, 0.2) is 11.6 Å². The molecule has 1 amide bonds. The first kappa shape index (κ1) is 40.6. The van der Waals surface area contributed by atoms with E-state index in [1.54, 1.807) is 14.0 Å². The number of piperidine rings is 1. The Hall–Kier alpha value is -4.13. The molecule has 2 aromatic carbocycles. The van der Waals surface area contributed by atoms with Gasteiger partial charge in [-0.05, 0) is 69.1 Å². The summed E-state index contributed by atoms with van der Waals surface area (Å²) in [5, 5.41) is 28.6. The highest BCUT2D eigenvalue weighted by Crippen LogP contribution is 2.41. The van der Waals surface area contributed by atoms with Crippen LogP contribution in [-0.2, 0) is 14.8 Å². The molecule has 0 radical (unpaired) electrons. The number of unbranched alkanes of at least 4 members (excludes halogenated alkanes) is 2. The lowest BCUT2D eigenvalue weighted by Gasteiger charge is -2.35. The highest BCUT2D eigenvalue weighted by atomic mass is 79.9. The summed E-state index contributed by atoms with van der Waals surface area (Å²) < 4.78 is 53.1. The smallest absolute Gasteiger partial charge is 0.234 e. The second kappa shape index (κ2) is 18.6. The molecule has 286 valence electrons. The van der Waals surface area contributed by atoms with Crippen LogP contribution < -0.4 is 34.6 Å². The molecule has 3 aromatic rings. The number of halogens is 2. The third-order valence-electron chi connectivity index (χ3n) is 8.27. The number of carbonyl (C=O) groups is 1. The van der Waals surface area contributed by atoms with Crippen molar-refractivity contribution < 1.29 is 37.3 Å². The summed E-state index contributed by atoms with van der Waals surface area (Å²) in [5.74, 6) is -0.257. The Morgan fingerprint density at radius 2 is 1.83 bits per heavy atom. The number of aromatic nitrogens is 2. The minimum Gasteiger partial charge on any atom is -0.505 e. The first-order valence-corrected chi connectivity index (χ1v) is 19.6. The topological polar surface area (TPSA) is 182 Å². The van der Waals surface area contributed by atoms with Crippen LogP contribution in [-0.4, -0.2) is 112 Å². The lowest BCUT2D eigenvalue weighted by Crippen LogP contribution is -2.46. The number of anilines is 6. The Morgan fingerprint density at radius 3 is 2.46 bits per heavy atom. The number of carbonyl (C=O) groups excluding carboxylic acids is 1. The number of hydrogen-bond donors (Lipinski definition) is 5. The Kier molecular flexibility index (Phi) is 14.5. The van der Waals surface area contributed by atoms with E-state index >= 15 is 0 Å². The van der Waals surface area contributed by atoms with Crippen molar-refractivity contribution in [1.29, 1.82) is 0 Å². The van der Waals surface area contributed by atoms with Crippen molar-refractivity contribution in [2.75, 3.05) is 86.7 Å². The number of aliphatic hydroxyl groups excluding tert-OH is 1. The van der Waals surface area contributed by atoms with Gasteiger partial charge >= 0.3 is 0 Å². The number of amides is 1. The van der Waals surface area contributed by atoms with Crippen molar-refractivity contribution in [3.63, 3.8) is 0 Å². The molecule has 52 heavy (non-hydrogen) atoms. The summed E-state index contributed by atoms with van der Waals surface area (Å²) >= 11 is 3.41. The summed E-state index contributed by atoms with van der Waals surface area (Å²) in [7, 11) is 1.49. The number of nitrogens with zero attached hydrogens (tertiary/aromatic N) is 5. The monoisotopic (exact) mass is 810 g/mol. The van der Waals surface area contributed by atoms with Crippen LogP contribution in [0.3, 0.4) is 0 Å². The normalized spacial score (nSPS) is 13.6. The van der Waals surface area contributed by atoms with E-state index in [2.05, 4.69) is 46.7 Å². The molecule has 1 aliphatic rings. The van der Waals surface area contributed by atoms with E-state index < -0.39 is 21.6 Å². The number of rotatable bonds is 18. The summed E-state index contributed by atoms with van der Waals surface area (Å²) in [5.41, 5.74) is 1.41. The summed E-state index contributed by atoms with van der Waals surface area (Å²) in [6.45, 7) is 3.89. The van der Waals surface area contributed by atoms with Crippen LogP contribution in [0.25, 0.3) is 0 Å². The number of phenols is 1. The van der Waals surface area contributed by atoms with Crippen LogP contribution in [0.2, 0.25) is 0 Å². The molecule has 0 saturated carbocycles. The Labute approximate surface area is 312 Å². The molecule has 5 N–H and O–H groups in total. The lowest BCUT2D eigenvalue weighted by atomic mass is 10.0. The van der Waals surface area contributed by atoms with Crippen LogP contribution >= 0.6 is 15.9 Å². The van der Waals surface area contributed by atoms with Gasteiger partial charge in [-0.3, -0.25) is 9.10 Å². The molecule has 1 saturated heterocycles. The summed E-state index contributed by atoms with van der Waals surface area (Å²) in [4.78, 5) is 25.3. The van der Waals surface area contributed by atoms with E-state index in [0.29, 0.717) is 54.3 Å². The van der Waals surface area contributed by atoms with Gasteiger partial charge in [0.25, 0.3) is 0 Å². The van der Waals surface area contributed by atoms with Gasteiger partial charge in [0.1, 0.15) is 17.3 Å². The molecule has 0 bridgehead atoms. The van der Waals surface area contributed by atoms with Crippen LogP contribution in [0.15, 0.2) is 34.9 Å². The zero-order valence-electron chi connectivity index (χ0n) is 30.1. The van der Waals surface area contributed by atoms with Gasteiger partial charge in [0.2, 0.25) is 21.9 Å². The number of nitrogens with one attached hydrogen (secondary N) is 3. The Balaban J connectivity index is 1.62. The van der Waals surface area contributed by atoms with E-state index in [4.69, 9.17) is 9.47 Å². The van der Waals surface area contributed by atoms with Gasteiger partial charge in [0, 0.05) is 62.7 Å². The fourth-order valence-corrected chi connectivity index (χ4v) is 7.05. The second-order valence-electron chi connectivity index (χ2n) is 12.6. The Bertz CT molecular complexity index is 1800. The molecule has 2 heterocycles. The molecule has 1 fully saturated rings. The van der Waals surface area contributed by atoms with E-state index in [9.17, 15) is 27.8 Å². The van der Waals surface area contributed by atoms with E-state index in [-0.39, 0.29) is 48.2 Å². The molecule has 1 aliphatic heterocycles. The fourth-order valence-electron chi connectivity index (χ4n) is 5.78. The maximum atomic E-state index is 14.6. The zero-order chi connectivity index (χ0) is 38.0. The van der Waals surface area contributed by atoms with Crippen molar-refractivity contribution in [2.45, 2.75) is 45.1 Å². The minimum absolute atomic E-state index is 0.00604. The van der Waals surface area contributed by atoms with Crippen LogP contribution in [0.1, 0.15) is 39.0 Å². The molecular weight excluding hydrogens is 763 g/mol. The quantitative estimate of drug-likeness (QED) is 0.0893. The minimum atomic E-state index is -3.77. The number of ether oxygens (including phenoxy) is 2. The van der Waals surface area contributed by atoms with E-state index in [0.717, 1.165) is 54.1 Å². The third-order valence-corrected chi connectivity index (χ3v) is 10.1. The molecule has 15 nitrogen and oxygen atoms in total. The standard InChI is InChI=1S/C34H48BrFN8O7S/c1-6-44(52(5,48)49)27-18-29(46)24(36)16-25(27)39-33-23(35)20-37-34(41-33)40-26-17-31(51-15-9-7-8-14-45)28(19-30(26)50-4)43-12-10-22(11-13-43)38-32(47)21-42(2)3/h16-20,22,45-46H,6-15,21H2,1-5H3,(H,38,47)(H2,37,39,40,41). The second-order valence-corrected chi connectivity index (χ2v) is 15.4. The molecular formula is C34H48BrFN8O7S. The largest absolute Gasteiger partial charge is 0.505 e. The highest BCUT2D eigenvalue weighted by molar-refractivity contribution is 9.10. The van der Waals surface area contributed by atoms with Gasteiger partial charge in [-0.25, -0.2) is 17.8 Å². The lowest BCUT2D eigenvalue weighted by molar-refractivity contribution is -0.122. The van der Waals surface area contributed by atoms with Crippen molar-refractivity contribution >= 4 is 66.4 Å². The maximum absolute atomic E-state index is 14.6. The van der Waals surface area contributed by atoms with Gasteiger partial charge in [0.05, 0.1) is 53.7 Å². The summed E-state index contributed by atoms with van der Waals surface area (Å²) in [6.07, 6.45) is 6.24. The molecule has 0 unspecified atom stereocenters. The molecule has 4 rings (SSSR count). The highest BCUT2D eigenvalue weighted by Gasteiger charge is 2.26. The first-order valence-electron chi connectivity index (χ1n) is 17.0. The van der Waals surface area contributed by atoms with E-state index in [1.807, 2.05) is 31.1 Å². The Morgan fingerprint density at radius 1 is 1.10 bits per heavy atom. The number of hydrogen-bond acceptors (Lipinski definition) is 13. The number of methoxy groups -OCH3 is 1.